The number of nitrogens with zero attached hydrogens (tertiary/aromatic N) is 2. The van der Waals surface area contributed by atoms with Crippen molar-refractivity contribution in [3.05, 3.63) is 69.5 Å². The molecular weight excluding hydrogens is 244 g/mol. The molecule has 0 aromatic carbocycles. The largest absolute Gasteiger partial charge is 0.386 e. The topological polar surface area (TPSA) is 64.2 Å². The van der Waals surface area contributed by atoms with Crippen LogP contribution in [0, 0.1) is 0 Å². The second-order valence-corrected chi connectivity index (χ2v) is 4.83. The van der Waals surface area contributed by atoms with E-state index in [9.17, 15) is 14.7 Å². The van der Waals surface area contributed by atoms with E-state index in [1.165, 1.54) is 21.3 Å². The molecule has 0 aliphatic heterocycles. The van der Waals surface area contributed by atoms with Gasteiger partial charge in [-0.1, -0.05) is 12.1 Å². The lowest BCUT2D eigenvalue weighted by molar-refractivity contribution is 0.0226. The first-order valence-electron chi connectivity index (χ1n) is 6.01. The number of aromatic nitrogens is 2. The maximum atomic E-state index is 11.6. The Bertz CT molecular complexity index is 613. The second-order valence-electron chi connectivity index (χ2n) is 4.83. The van der Waals surface area contributed by atoms with Gasteiger partial charge < -0.3 is 14.2 Å². The summed E-state index contributed by atoms with van der Waals surface area (Å²) in [4.78, 5) is 23.2. The van der Waals surface area contributed by atoms with Crippen molar-refractivity contribution in [2.45, 2.75) is 25.6 Å². The molecule has 0 aliphatic carbocycles. The van der Waals surface area contributed by atoms with Crippen molar-refractivity contribution in [1.29, 1.82) is 0 Å². The highest BCUT2D eigenvalue weighted by atomic mass is 16.3. The molecule has 0 radical (unpaired) electrons. The summed E-state index contributed by atoms with van der Waals surface area (Å²) < 4.78 is 2.85. The van der Waals surface area contributed by atoms with E-state index in [2.05, 4.69) is 0 Å². The molecular formula is C14H16N2O3. The summed E-state index contributed by atoms with van der Waals surface area (Å²) in [5.41, 5.74) is -1.54. The molecule has 0 saturated heterocycles. The first-order chi connectivity index (χ1) is 8.98. The minimum Gasteiger partial charge on any atom is -0.386 e. The van der Waals surface area contributed by atoms with Crippen LogP contribution in [-0.2, 0) is 13.1 Å². The molecule has 19 heavy (non-hydrogen) atoms. The first kappa shape index (κ1) is 13.3. The van der Waals surface area contributed by atoms with E-state index >= 15 is 0 Å². The van der Waals surface area contributed by atoms with Gasteiger partial charge in [0.05, 0.1) is 18.7 Å². The maximum absolute atomic E-state index is 11.6. The Labute approximate surface area is 110 Å². The standard InChI is InChI=1S/C14H16N2O3/c1-14(19,10-15-8-4-2-6-12(15)17)11-16-9-5-3-7-13(16)18/h2-9,19H,10-11H2,1H3. The van der Waals surface area contributed by atoms with Gasteiger partial charge in [-0.3, -0.25) is 9.59 Å². The van der Waals surface area contributed by atoms with Crippen LogP contribution in [0.25, 0.3) is 0 Å². The van der Waals surface area contributed by atoms with E-state index in [1.807, 2.05) is 0 Å². The van der Waals surface area contributed by atoms with E-state index in [-0.39, 0.29) is 24.2 Å². The summed E-state index contributed by atoms with van der Waals surface area (Å²) in [6.07, 6.45) is 3.23. The lowest BCUT2D eigenvalue weighted by Crippen LogP contribution is -2.40. The Morgan fingerprint density at radius 3 is 1.74 bits per heavy atom. The molecule has 5 heteroatoms. The third-order valence-electron chi connectivity index (χ3n) is 2.82. The van der Waals surface area contributed by atoms with Crippen molar-refractivity contribution in [3.8, 4) is 0 Å². The zero-order valence-corrected chi connectivity index (χ0v) is 10.7. The molecule has 0 saturated carbocycles. The lowest BCUT2D eigenvalue weighted by Gasteiger charge is -2.25. The summed E-state index contributed by atoms with van der Waals surface area (Å²) in [5, 5.41) is 10.4. The summed E-state index contributed by atoms with van der Waals surface area (Å²) in [7, 11) is 0. The van der Waals surface area contributed by atoms with Gasteiger partial charge in [-0.2, -0.15) is 0 Å². The summed E-state index contributed by atoms with van der Waals surface area (Å²) in [6, 6.07) is 9.62. The normalized spacial score (nSPS) is 11.5. The van der Waals surface area contributed by atoms with E-state index in [0.717, 1.165) is 0 Å². The monoisotopic (exact) mass is 260 g/mol. The zero-order valence-electron chi connectivity index (χ0n) is 10.7. The lowest BCUT2D eigenvalue weighted by atomic mass is 10.1. The average Bonchev–Trinajstić information content (AvgIpc) is 2.35. The number of rotatable bonds is 4. The fourth-order valence-corrected chi connectivity index (χ4v) is 1.97. The number of aliphatic hydroxyl groups is 1. The minimum absolute atomic E-state index is 0.133. The Hall–Kier alpha value is -2.14. The van der Waals surface area contributed by atoms with Crippen LogP contribution in [0.2, 0.25) is 0 Å². The van der Waals surface area contributed by atoms with Gasteiger partial charge in [0.25, 0.3) is 11.1 Å². The van der Waals surface area contributed by atoms with Crippen LogP contribution in [0.4, 0.5) is 0 Å². The molecule has 5 nitrogen and oxygen atoms in total. The van der Waals surface area contributed by atoms with Crippen molar-refractivity contribution < 1.29 is 5.11 Å². The average molecular weight is 260 g/mol. The molecule has 1 N–H and O–H groups in total. The van der Waals surface area contributed by atoms with Crippen molar-refractivity contribution in [1.82, 2.24) is 9.13 Å². The highest BCUT2D eigenvalue weighted by Gasteiger charge is 2.22. The number of hydrogen-bond acceptors (Lipinski definition) is 3. The predicted molar refractivity (Wildman–Crippen MR) is 72.0 cm³/mol. The zero-order chi connectivity index (χ0) is 13.9. The molecule has 0 bridgehead atoms. The molecule has 0 aliphatic rings. The van der Waals surface area contributed by atoms with Gasteiger partial charge in [0.2, 0.25) is 0 Å². The molecule has 0 spiro atoms. The second kappa shape index (κ2) is 5.24. The highest BCUT2D eigenvalue weighted by Crippen LogP contribution is 2.08. The third-order valence-corrected chi connectivity index (χ3v) is 2.82. The van der Waals surface area contributed by atoms with Crippen LogP contribution in [0.1, 0.15) is 6.92 Å². The van der Waals surface area contributed by atoms with Crippen LogP contribution in [0.3, 0.4) is 0 Å². The minimum atomic E-state index is -1.18. The first-order valence-corrected chi connectivity index (χ1v) is 6.01. The number of pyridine rings is 2. The van der Waals surface area contributed by atoms with Crippen molar-refractivity contribution in [3.63, 3.8) is 0 Å². The van der Waals surface area contributed by atoms with E-state index < -0.39 is 5.60 Å². The Balaban J connectivity index is 2.20. The number of hydrogen-bond donors (Lipinski definition) is 1. The fraction of sp³-hybridized carbons (Fsp3) is 0.286. The van der Waals surface area contributed by atoms with Gasteiger partial charge in [-0.05, 0) is 19.1 Å². The third kappa shape index (κ3) is 3.42. The molecule has 2 aromatic heterocycles. The van der Waals surface area contributed by atoms with Crippen LogP contribution < -0.4 is 11.1 Å². The Morgan fingerprint density at radius 2 is 1.37 bits per heavy atom. The molecule has 0 atom stereocenters. The van der Waals surface area contributed by atoms with Crippen LogP contribution in [0.5, 0.6) is 0 Å². The summed E-state index contributed by atoms with van der Waals surface area (Å²) in [6.45, 7) is 1.87. The quantitative estimate of drug-likeness (QED) is 0.868. The molecule has 2 rings (SSSR count). The van der Waals surface area contributed by atoms with E-state index in [1.54, 1.807) is 43.6 Å². The van der Waals surface area contributed by atoms with Crippen molar-refractivity contribution >= 4 is 0 Å². The smallest absolute Gasteiger partial charge is 0.250 e. The van der Waals surface area contributed by atoms with Gasteiger partial charge in [-0.25, -0.2) is 0 Å². The van der Waals surface area contributed by atoms with Gasteiger partial charge in [0.15, 0.2) is 0 Å². The Kier molecular flexibility index (Phi) is 3.66. The fourth-order valence-electron chi connectivity index (χ4n) is 1.97. The molecule has 2 heterocycles. The van der Waals surface area contributed by atoms with E-state index in [4.69, 9.17) is 0 Å². The van der Waals surface area contributed by atoms with Crippen LogP contribution in [0.15, 0.2) is 58.4 Å². The molecule has 2 aromatic rings. The summed E-state index contributed by atoms with van der Waals surface area (Å²) in [5.74, 6) is 0. The van der Waals surface area contributed by atoms with Crippen LogP contribution in [-0.4, -0.2) is 19.8 Å². The predicted octanol–water partition coefficient (Wildman–Crippen LogP) is 0.461. The van der Waals surface area contributed by atoms with E-state index in [0.29, 0.717) is 0 Å². The molecule has 100 valence electrons. The van der Waals surface area contributed by atoms with Gasteiger partial charge in [0, 0.05) is 24.5 Å². The Morgan fingerprint density at radius 1 is 0.947 bits per heavy atom. The highest BCUT2D eigenvalue weighted by molar-refractivity contribution is 4.96. The maximum Gasteiger partial charge on any atom is 0.250 e. The summed E-state index contributed by atoms with van der Waals surface area (Å²) >= 11 is 0. The van der Waals surface area contributed by atoms with Gasteiger partial charge in [0.1, 0.15) is 0 Å². The van der Waals surface area contributed by atoms with Gasteiger partial charge in [-0.15, -0.1) is 0 Å². The SMILES string of the molecule is CC(O)(Cn1ccccc1=O)Cn1ccccc1=O. The van der Waals surface area contributed by atoms with Crippen molar-refractivity contribution in [2.24, 2.45) is 0 Å². The van der Waals surface area contributed by atoms with Crippen LogP contribution >= 0.6 is 0 Å². The van der Waals surface area contributed by atoms with Crippen molar-refractivity contribution in [2.75, 3.05) is 0 Å². The molecule has 0 amide bonds. The molecule has 0 unspecified atom stereocenters. The van der Waals surface area contributed by atoms with Gasteiger partial charge >= 0.3 is 0 Å². The molecule has 0 fully saturated rings.